The maximum Gasteiger partial charge on any atom is 0.244 e. The summed E-state index contributed by atoms with van der Waals surface area (Å²) in [4.78, 5) is 18.6. The molecule has 3 N–H and O–H groups in total. The molecule has 1 aromatic rings. The van der Waals surface area contributed by atoms with Crippen LogP contribution < -0.4 is 10.6 Å². The molecule has 0 aromatic heterocycles. The molecule has 0 saturated carbocycles. The molecular weight excluding hydrogens is 352 g/mol. The first-order valence-electron chi connectivity index (χ1n) is 10.4. The van der Waals surface area contributed by atoms with Crippen LogP contribution in [-0.2, 0) is 10.2 Å². The van der Waals surface area contributed by atoms with Crippen LogP contribution in [0.3, 0.4) is 0 Å². The highest BCUT2D eigenvalue weighted by atomic mass is 16.3. The molecule has 6 nitrogen and oxygen atoms in total. The molecule has 1 aliphatic heterocycles. The fraction of sp³-hybridized carbons (Fsp3) is 0.636. The van der Waals surface area contributed by atoms with Gasteiger partial charge in [0.15, 0.2) is 5.96 Å². The molecule has 1 heterocycles. The minimum atomic E-state index is -0.643. The molecule has 2 rings (SSSR count). The van der Waals surface area contributed by atoms with Gasteiger partial charge in [0.05, 0.1) is 6.10 Å². The van der Waals surface area contributed by atoms with Crippen molar-refractivity contribution in [1.82, 2.24) is 15.5 Å². The third kappa shape index (κ3) is 6.82. The first-order valence-corrected chi connectivity index (χ1v) is 10.4. The van der Waals surface area contributed by atoms with Gasteiger partial charge in [-0.1, -0.05) is 45.0 Å². The van der Waals surface area contributed by atoms with Gasteiger partial charge in [-0.15, -0.1) is 0 Å². The number of piperidine rings is 1. The van der Waals surface area contributed by atoms with Crippen LogP contribution in [-0.4, -0.2) is 54.6 Å². The summed E-state index contributed by atoms with van der Waals surface area (Å²) in [6, 6.07) is 8.07. The Bertz CT molecular complexity index is 643. The number of aliphatic imine (C=N–C) groups is 1. The molecule has 1 unspecified atom stereocenters. The van der Waals surface area contributed by atoms with E-state index >= 15 is 0 Å². The lowest BCUT2D eigenvalue weighted by molar-refractivity contribution is -0.130. The van der Waals surface area contributed by atoms with E-state index in [1.165, 1.54) is 12.0 Å². The molecule has 1 aliphatic rings. The summed E-state index contributed by atoms with van der Waals surface area (Å²) in [6.45, 7) is 11.3. The van der Waals surface area contributed by atoms with Crippen molar-refractivity contribution in [2.24, 2.45) is 4.99 Å². The topological polar surface area (TPSA) is 77.0 Å². The average molecular weight is 389 g/mol. The highest BCUT2D eigenvalue weighted by Gasteiger charge is 2.17. The van der Waals surface area contributed by atoms with Gasteiger partial charge >= 0.3 is 0 Å². The molecule has 1 saturated heterocycles. The Balaban J connectivity index is 1.89. The predicted molar refractivity (Wildman–Crippen MR) is 115 cm³/mol. The molecule has 0 radical (unpaired) electrons. The van der Waals surface area contributed by atoms with Gasteiger partial charge in [-0.05, 0) is 42.7 Å². The van der Waals surface area contributed by atoms with E-state index in [0.29, 0.717) is 19.0 Å². The second-order valence-corrected chi connectivity index (χ2v) is 8.41. The number of likely N-dealkylation sites (tertiary alicyclic amines) is 1. The summed E-state index contributed by atoms with van der Waals surface area (Å²) < 4.78 is 0. The summed E-state index contributed by atoms with van der Waals surface area (Å²) in [5.41, 5.74) is 2.19. The monoisotopic (exact) mass is 388 g/mol. The first-order chi connectivity index (χ1) is 13.3. The maximum absolute atomic E-state index is 12.3. The second-order valence-electron chi connectivity index (χ2n) is 8.41. The van der Waals surface area contributed by atoms with Gasteiger partial charge in [0, 0.05) is 26.2 Å². The zero-order chi connectivity index (χ0) is 20.6. The van der Waals surface area contributed by atoms with Crippen LogP contribution in [0.15, 0.2) is 29.3 Å². The summed E-state index contributed by atoms with van der Waals surface area (Å²) in [5, 5.41) is 16.8. The SMILES string of the molecule is CCNC(=NCC(=O)N1CCCCC1)NCC(O)c1ccc(C(C)(C)C)cc1. The van der Waals surface area contributed by atoms with E-state index in [1.807, 2.05) is 24.0 Å². The normalized spacial score (nSPS) is 16.6. The number of nitrogens with zero attached hydrogens (tertiary/aromatic N) is 2. The number of benzene rings is 1. The molecule has 1 aromatic carbocycles. The third-order valence-corrected chi connectivity index (χ3v) is 5.05. The largest absolute Gasteiger partial charge is 0.387 e. The quantitative estimate of drug-likeness (QED) is 0.517. The van der Waals surface area contributed by atoms with Gasteiger partial charge in [0.2, 0.25) is 5.91 Å². The number of hydrogen-bond donors (Lipinski definition) is 3. The number of carbonyl (C=O) groups is 1. The molecule has 1 amide bonds. The number of nitrogens with one attached hydrogen (secondary N) is 2. The van der Waals surface area contributed by atoms with Crippen molar-refractivity contribution in [2.45, 2.75) is 58.5 Å². The van der Waals surface area contributed by atoms with E-state index < -0.39 is 6.10 Å². The van der Waals surface area contributed by atoms with Gasteiger partial charge in [0.25, 0.3) is 0 Å². The van der Waals surface area contributed by atoms with Gasteiger partial charge in [0.1, 0.15) is 6.54 Å². The van der Waals surface area contributed by atoms with Crippen molar-refractivity contribution in [3.05, 3.63) is 35.4 Å². The van der Waals surface area contributed by atoms with E-state index in [1.54, 1.807) is 0 Å². The Morgan fingerprint density at radius 2 is 1.79 bits per heavy atom. The van der Waals surface area contributed by atoms with Crippen LogP contribution in [0.5, 0.6) is 0 Å². The molecule has 0 aliphatic carbocycles. The summed E-state index contributed by atoms with van der Waals surface area (Å²) >= 11 is 0. The number of carbonyl (C=O) groups excluding carboxylic acids is 1. The standard InChI is InChI=1S/C22H36N4O2/c1-5-23-21(25-16-20(28)26-13-7-6-8-14-26)24-15-19(27)17-9-11-18(12-10-17)22(2,3)4/h9-12,19,27H,5-8,13-16H2,1-4H3,(H2,23,24,25). The average Bonchev–Trinajstić information content (AvgIpc) is 2.69. The lowest BCUT2D eigenvalue weighted by Crippen LogP contribution is -2.41. The van der Waals surface area contributed by atoms with Gasteiger partial charge in [-0.2, -0.15) is 0 Å². The Hall–Kier alpha value is -2.08. The van der Waals surface area contributed by atoms with Crippen LogP contribution in [0.2, 0.25) is 0 Å². The molecule has 6 heteroatoms. The first kappa shape index (κ1) is 22.2. The van der Waals surface area contributed by atoms with Crippen LogP contribution in [0, 0.1) is 0 Å². The van der Waals surface area contributed by atoms with E-state index in [4.69, 9.17) is 0 Å². The molecule has 1 atom stereocenters. The van der Waals surface area contributed by atoms with Crippen LogP contribution in [0.1, 0.15) is 64.2 Å². The number of hydrogen-bond acceptors (Lipinski definition) is 3. The summed E-state index contributed by atoms with van der Waals surface area (Å²) in [7, 11) is 0. The van der Waals surface area contributed by atoms with Crippen molar-refractivity contribution >= 4 is 11.9 Å². The predicted octanol–water partition coefficient (Wildman–Crippen LogP) is 2.59. The van der Waals surface area contributed by atoms with Crippen molar-refractivity contribution in [1.29, 1.82) is 0 Å². The number of aliphatic hydroxyl groups is 1. The second kappa shape index (κ2) is 10.5. The molecular formula is C22H36N4O2. The van der Waals surface area contributed by atoms with Crippen molar-refractivity contribution in [3.8, 4) is 0 Å². The maximum atomic E-state index is 12.3. The van der Waals surface area contributed by atoms with E-state index in [9.17, 15) is 9.90 Å². The highest BCUT2D eigenvalue weighted by Crippen LogP contribution is 2.23. The van der Waals surface area contributed by atoms with Crippen molar-refractivity contribution in [3.63, 3.8) is 0 Å². The minimum absolute atomic E-state index is 0.0650. The molecule has 28 heavy (non-hydrogen) atoms. The molecule has 0 bridgehead atoms. The Labute approximate surface area is 169 Å². The Morgan fingerprint density at radius 3 is 2.36 bits per heavy atom. The summed E-state index contributed by atoms with van der Waals surface area (Å²) in [6.07, 6.45) is 2.71. The van der Waals surface area contributed by atoms with Crippen LogP contribution in [0.25, 0.3) is 0 Å². The molecule has 1 fully saturated rings. The van der Waals surface area contributed by atoms with E-state index in [2.05, 4.69) is 48.5 Å². The lowest BCUT2D eigenvalue weighted by atomic mass is 9.86. The lowest BCUT2D eigenvalue weighted by Gasteiger charge is -2.26. The Kier molecular flexibility index (Phi) is 8.30. The van der Waals surface area contributed by atoms with Gasteiger partial charge in [-0.3, -0.25) is 4.79 Å². The van der Waals surface area contributed by atoms with Gasteiger partial charge < -0.3 is 20.6 Å². The summed E-state index contributed by atoms with van der Waals surface area (Å²) in [5.74, 6) is 0.619. The fourth-order valence-electron chi connectivity index (χ4n) is 3.25. The molecule has 156 valence electrons. The number of amides is 1. The highest BCUT2D eigenvalue weighted by molar-refractivity contribution is 5.85. The third-order valence-electron chi connectivity index (χ3n) is 5.05. The number of rotatable bonds is 6. The zero-order valence-corrected chi connectivity index (χ0v) is 17.8. The zero-order valence-electron chi connectivity index (χ0n) is 17.8. The van der Waals surface area contributed by atoms with Crippen molar-refractivity contribution in [2.75, 3.05) is 32.7 Å². The fourth-order valence-corrected chi connectivity index (χ4v) is 3.25. The van der Waals surface area contributed by atoms with Crippen molar-refractivity contribution < 1.29 is 9.90 Å². The number of aliphatic hydroxyl groups excluding tert-OH is 1. The molecule has 0 spiro atoms. The smallest absolute Gasteiger partial charge is 0.244 e. The van der Waals surface area contributed by atoms with Crippen LogP contribution in [0.4, 0.5) is 0 Å². The number of guanidine groups is 1. The van der Waals surface area contributed by atoms with Gasteiger partial charge in [-0.25, -0.2) is 4.99 Å². The van der Waals surface area contributed by atoms with E-state index in [-0.39, 0.29) is 17.9 Å². The minimum Gasteiger partial charge on any atom is -0.387 e. The van der Waals surface area contributed by atoms with Crippen LogP contribution >= 0.6 is 0 Å². The van der Waals surface area contributed by atoms with E-state index in [0.717, 1.165) is 31.5 Å². The Morgan fingerprint density at radius 1 is 1.14 bits per heavy atom.